The van der Waals surface area contributed by atoms with Crippen molar-refractivity contribution in [2.24, 2.45) is 0 Å². The number of hydrogen-bond donors (Lipinski definition) is 3. The molecule has 9 heteroatoms. The van der Waals surface area contributed by atoms with Gasteiger partial charge < -0.3 is 16.4 Å². The van der Waals surface area contributed by atoms with Gasteiger partial charge in [0.2, 0.25) is 10.0 Å². The maximum absolute atomic E-state index is 12.6. The van der Waals surface area contributed by atoms with Crippen molar-refractivity contribution in [3.63, 3.8) is 0 Å². The van der Waals surface area contributed by atoms with E-state index in [0.29, 0.717) is 36.1 Å². The van der Waals surface area contributed by atoms with Crippen LogP contribution < -0.4 is 16.4 Å². The number of hydrogen-bond acceptors (Lipinski definition) is 7. The maximum atomic E-state index is 12.6. The van der Waals surface area contributed by atoms with Crippen molar-refractivity contribution in [3.05, 3.63) is 59.9 Å². The van der Waals surface area contributed by atoms with Crippen LogP contribution >= 0.6 is 0 Å². The number of anilines is 5. The Hall–Kier alpha value is -3.17. The maximum Gasteiger partial charge on any atom is 0.243 e. The first kappa shape index (κ1) is 22.5. The molecule has 164 valence electrons. The lowest BCUT2D eigenvalue weighted by atomic mass is 10.1. The van der Waals surface area contributed by atoms with E-state index in [1.54, 1.807) is 24.3 Å². The predicted molar refractivity (Wildman–Crippen MR) is 125 cm³/mol. The van der Waals surface area contributed by atoms with Crippen molar-refractivity contribution in [1.29, 1.82) is 0 Å². The Morgan fingerprint density at radius 1 is 0.871 bits per heavy atom. The van der Waals surface area contributed by atoms with Crippen molar-refractivity contribution in [1.82, 2.24) is 14.3 Å². The molecule has 31 heavy (non-hydrogen) atoms. The van der Waals surface area contributed by atoms with Gasteiger partial charge in [-0.25, -0.2) is 18.4 Å². The fourth-order valence-corrected chi connectivity index (χ4v) is 4.57. The van der Waals surface area contributed by atoms with E-state index in [1.165, 1.54) is 16.2 Å². The molecule has 8 nitrogen and oxygen atoms in total. The molecule has 0 fully saturated rings. The van der Waals surface area contributed by atoms with E-state index in [-0.39, 0.29) is 4.90 Å². The molecule has 3 aromatic rings. The van der Waals surface area contributed by atoms with E-state index >= 15 is 0 Å². The average molecular weight is 441 g/mol. The average Bonchev–Trinajstić information content (AvgIpc) is 2.75. The fourth-order valence-electron chi connectivity index (χ4n) is 3.11. The lowest BCUT2D eigenvalue weighted by molar-refractivity contribution is 0.445. The normalized spacial score (nSPS) is 11.5. The number of rotatable bonds is 8. The molecule has 0 aliphatic rings. The largest absolute Gasteiger partial charge is 0.393 e. The number of nitrogens with two attached hydrogens (primary N) is 1. The number of nitrogens with one attached hydrogen (secondary N) is 2. The highest BCUT2D eigenvalue weighted by atomic mass is 32.2. The molecule has 0 saturated heterocycles. The Kier molecular flexibility index (Phi) is 6.77. The zero-order valence-corrected chi connectivity index (χ0v) is 19.0. The number of aryl methyl sites for hydroxylation is 2. The molecule has 0 amide bonds. The summed E-state index contributed by atoms with van der Waals surface area (Å²) >= 11 is 0. The summed E-state index contributed by atoms with van der Waals surface area (Å²) in [6, 6.07) is 12.5. The monoisotopic (exact) mass is 440 g/mol. The van der Waals surface area contributed by atoms with E-state index in [1.807, 2.05) is 39.0 Å². The summed E-state index contributed by atoms with van der Waals surface area (Å²) in [6.45, 7) is 8.58. The summed E-state index contributed by atoms with van der Waals surface area (Å²) in [5.41, 5.74) is 10.5. The van der Waals surface area contributed by atoms with Gasteiger partial charge in [-0.2, -0.15) is 4.31 Å². The zero-order chi connectivity index (χ0) is 22.6. The molecule has 0 saturated carbocycles. The van der Waals surface area contributed by atoms with Crippen LogP contribution in [-0.4, -0.2) is 35.8 Å². The summed E-state index contributed by atoms with van der Waals surface area (Å²) < 4.78 is 26.7. The SMILES string of the molecule is CCN(CC)S(=O)(=O)c1ccc(Nc2ncnc(Nc3ccc(C)c(C)c3)c2N)cc1. The van der Waals surface area contributed by atoms with Gasteiger partial charge in [-0.15, -0.1) is 0 Å². The van der Waals surface area contributed by atoms with Gasteiger partial charge in [-0.05, 0) is 61.4 Å². The smallest absolute Gasteiger partial charge is 0.243 e. The van der Waals surface area contributed by atoms with Gasteiger partial charge in [0.05, 0.1) is 4.90 Å². The zero-order valence-electron chi connectivity index (χ0n) is 18.2. The third kappa shape index (κ3) is 4.95. The van der Waals surface area contributed by atoms with E-state index in [4.69, 9.17) is 5.73 Å². The molecule has 1 aromatic heterocycles. The van der Waals surface area contributed by atoms with Gasteiger partial charge in [-0.1, -0.05) is 19.9 Å². The fraction of sp³-hybridized carbons (Fsp3) is 0.273. The van der Waals surface area contributed by atoms with Crippen LogP contribution in [0, 0.1) is 13.8 Å². The Morgan fingerprint density at radius 3 is 1.97 bits per heavy atom. The first-order valence-electron chi connectivity index (χ1n) is 10.1. The summed E-state index contributed by atoms with van der Waals surface area (Å²) in [5.74, 6) is 0.919. The van der Waals surface area contributed by atoms with E-state index in [0.717, 1.165) is 11.3 Å². The first-order chi connectivity index (χ1) is 14.8. The minimum Gasteiger partial charge on any atom is -0.393 e. The van der Waals surface area contributed by atoms with Gasteiger partial charge >= 0.3 is 0 Å². The van der Waals surface area contributed by atoms with Crippen molar-refractivity contribution in [2.75, 3.05) is 29.5 Å². The van der Waals surface area contributed by atoms with Crippen LogP contribution in [0.4, 0.5) is 28.7 Å². The van der Waals surface area contributed by atoms with E-state index < -0.39 is 10.0 Å². The molecule has 0 aliphatic carbocycles. The quantitative estimate of drug-likeness (QED) is 0.481. The standard InChI is InChI=1S/C22H28N6O2S/c1-5-28(6-2)31(29,30)19-11-9-17(10-12-19)26-21-20(23)22(25-14-24-21)27-18-8-7-15(3)16(4)13-18/h7-14H,5-6,23H2,1-4H3,(H2,24,25,26,27). The van der Waals surface area contributed by atoms with Crippen molar-refractivity contribution >= 4 is 38.7 Å². The van der Waals surface area contributed by atoms with Crippen molar-refractivity contribution in [3.8, 4) is 0 Å². The molecule has 3 rings (SSSR count). The molecular formula is C22H28N6O2S. The van der Waals surface area contributed by atoms with Gasteiger partial charge in [-0.3, -0.25) is 0 Å². The second kappa shape index (κ2) is 9.32. The molecule has 0 unspecified atom stereocenters. The van der Waals surface area contributed by atoms with Crippen molar-refractivity contribution < 1.29 is 8.42 Å². The highest BCUT2D eigenvalue weighted by Gasteiger charge is 2.21. The van der Waals surface area contributed by atoms with Crippen LogP contribution in [0.25, 0.3) is 0 Å². The summed E-state index contributed by atoms with van der Waals surface area (Å²) in [5, 5.41) is 6.35. The molecule has 1 heterocycles. The summed E-state index contributed by atoms with van der Waals surface area (Å²) in [4.78, 5) is 8.71. The molecule has 0 bridgehead atoms. The highest BCUT2D eigenvalue weighted by molar-refractivity contribution is 7.89. The second-order valence-corrected chi connectivity index (χ2v) is 9.09. The number of aromatic nitrogens is 2. The van der Waals surface area contributed by atoms with Crippen LogP contribution in [0.3, 0.4) is 0 Å². The van der Waals surface area contributed by atoms with Gasteiger partial charge in [0, 0.05) is 24.5 Å². The second-order valence-electron chi connectivity index (χ2n) is 7.15. The molecule has 0 atom stereocenters. The van der Waals surface area contributed by atoms with Gasteiger partial charge in [0.15, 0.2) is 11.6 Å². The summed E-state index contributed by atoms with van der Waals surface area (Å²) in [7, 11) is -3.50. The molecular weight excluding hydrogens is 412 g/mol. The minimum atomic E-state index is -3.50. The Balaban J connectivity index is 1.80. The van der Waals surface area contributed by atoms with Crippen LogP contribution in [0.1, 0.15) is 25.0 Å². The first-order valence-corrected chi connectivity index (χ1v) is 11.5. The van der Waals surface area contributed by atoms with Crippen LogP contribution in [0.5, 0.6) is 0 Å². The Bertz CT molecular complexity index is 1160. The van der Waals surface area contributed by atoms with E-state index in [9.17, 15) is 8.42 Å². The number of sulfonamides is 1. The predicted octanol–water partition coefficient (Wildman–Crippen LogP) is 4.19. The van der Waals surface area contributed by atoms with Gasteiger partial charge in [0.1, 0.15) is 12.0 Å². The Labute approximate surface area is 183 Å². The third-order valence-corrected chi connectivity index (χ3v) is 7.18. The molecule has 0 radical (unpaired) electrons. The highest BCUT2D eigenvalue weighted by Crippen LogP contribution is 2.29. The lowest BCUT2D eigenvalue weighted by Crippen LogP contribution is -2.30. The van der Waals surface area contributed by atoms with Gasteiger partial charge in [0.25, 0.3) is 0 Å². The van der Waals surface area contributed by atoms with Crippen LogP contribution in [-0.2, 0) is 10.0 Å². The van der Waals surface area contributed by atoms with Crippen molar-refractivity contribution in [2.45, 2.75) is 32.6 Å². The summed E-state index contributed by atoms with van der Waals surface area (Å²) in [6.07, 6.45) is 1.42. The van der Waals surface area contributed by atoms with Crippen LogP contribution in [0.15, 0.2) is 53.7 Å². The molecule has 4 N–H and O–H groups in total. The van der Waals surface area contributed by atoms with Crippen LogP contribution in [0.2, 0.25) is 0 Å². The van der Waals surface area contributed by atoms with E-state index in [2.05, 4.69) is 27.5 Å². The lowest BCUT2D eigenvalue weighted by Gasteiger charge is -2.18. The number of nitrogen functional groups attached to an aromatic ring is 1. The molecule has 0 spiro atoms. The minimum absolute atomic E-state index is 0.245. The Morgan fingerprint density at radius 2 is 1.42 bits per heavy atom. The third-order valence-electron chi connectivity index (χ3n) is 5.11. The number of nitrogens with zero attached hydrogens (tertiary/aromatic N) is 3. The molecule has 0 aliphatic heterocycles. The number of benzene rings is 2. The molecule has 2 aromatic carbocycles. The topological polar surface area (TPSA) is 113 Å².